The highest BCUT2D eigenvalue weighted by molar-refractivity contribution is 5.75. The third-order valence-corrected chi connectivity index (χ3v) is 2.81. The van der Waals surface area contributed by atoms with Gasteiger partial charge in [0, 0.05) is 18.0 Å². The lowest BCUT2D eigenvalue weighted by molar-refractivity contribution is -0.121. The van der Waals surface area contributed by atoms with Crippen molar-refractivity contribution in [1.29, 1.82) is 0 Å². The van der Waals surface area contributed by atoms with E-state index < -0.39 is 0 Å². The van der Waals surface area contributed by atoms with Crippen molar-refractivity contribution in [3.05, 3.63) is 58.5 Å². The summed E-state index contributed by atoms with van der Waals surface area (Å²) in [5, 5.41) is 2.71. The van der Waals surface area contributed by atoms with Gasteiger partial charge in [-0.2, -0.15) is 0 Å². The molecule has 2 aromatic heterocycles. The van der Waals surface area contributed by atoms with Gasteiger partial charge in [-0.05, 0) is 18.6 Å². The maximum absolute atomic E-state index is 11.8. The van der Waals surface area contributed by atoms with Crippen molar-refractivity contribution in [2.75, 3.05) is 0 Å². The first kappa shape index (κ1) is 13.9. The van der Waals surface area contributed by atoms with Gasteiger partial charge in [-0.1, -0.05) is 13.0 Å². The van der Waals surface area contributed by atoms with Gasteiger partial charge >= 0.3 is 0 Å². The molecule has 0 spiro atoms. The largest absolute Gasteiger partial charge is 0.349 e. The number of hydrogen-bond donors (Lipinski definition) is 1. The van der Waals surface area contributed by atoms with E-state index in [2.05, 4.69) is 15.3 Å². The van der Waals surface area contributed by atoms with Crippen LogP contribution in [0.5, 0.6) is 0 Å². The summed E-state index contributed by atoms with van der Waals surface area (Å²) >= 11 is 0. The molecule has 0 saturated carbocycles. The van der Waals surface area contributed by atoms with Gasteiger partial charge in [0.05, 0.1) is 18.6 Å². The quantitative estimate of drug-likeness (QED) is 0.860. The Morgan fingerprint density at radius 3 is 2.80 bits per heavy atom. The van der Waals surface area contributed by atoms with Crippen LogP contribution in [0, 0.1) is 0 Å². The maximum atomic E-state index is 11.8. The van der Waals surface area contributed by atoms with E-state index in [0.29, 0.717) is 13.0 Å². The fourth-order valence-corrected chi connectivity index (χ4v) is 1.68. The van der Waals surface area contributed by atoms with Crippen molar-refractivity contribution in [3.8, 4) is 0 Å². The molecule has 1 N–H and O–H groups in total. The number of pyridine rings is 1. The Morgan fingerprint density at radius 1 is 1.30 bits per heavy atom. The molecular weight excluding hydrogens is 256 g/mol. The molecular formula is C14H16N4O2. The van der Waals surface area contributed by atoms with E-state index in [1.165, 1.54) is 17.0 Å². The van der Waals surface area contributed by atoms with Gasteiger partial charge in [0.15, 0.2) is 0 Å². The van der Waals surface area contributed by atoms with Crippen LogP contribution in [-0.2, 0) is 24.3 Å². The zero-order valence-electron chi connectivity index (χ0n) is 11.2. The van der Waals surface area contributed by atoms with Crippen LogP contribution < -0.4 is 10.9 Å². The second kappa shape index (κ2) is 6.60. The number of nitrogens with zero attached hydrogens (tertiary/aromatic N) is 3. The molecule has 2 aromatic rings. The topological polar surface area (TPSA) is 76.9 Å². The zero-order valence-corrected chi connectivity index (χ0v) is 11.2. The van der Waals surface area contributed by atoms with Crippen molar-refractivity contribution in [2.24, 2.45) is 0 Å². The van der Waals surface area contributed by atoms with Crippen LogP contribution in [0.15, 0.2) is 41.6 Å². The Bertz CT molecular complexity index is 637. The van der Waals surface area contributed by atoms with Gasteiger partial charge in [0.2, 0.25) is 5.91 Å². The summed E-state index contributed by atoms with van der Waals surface area (Å²) in [6, 6.07) is 6.94. The molecule has 0 aliphatic heterocycles. The summed E-state index contributed by atoms with van der Waals surface area (Å²) < 4.78 is 1.28. The second-order valence-electron chi connectivity index (χ2n) is 4.30. The van der Waals surface area contributed by atoms with E-state index in [9.17, 15) is 9.59 Å². The van der Waals surface area contributed by atoms with Crippen molar-refractivity contribution < 1.29 is 4.79 Å². The first-order valence-corrected chi connectivity index (χ1v) is 6.41. The standard InChI is InChI=1S/C14H16N4O2/c1-2-11-7-14(20)18(10-17-11)9-13(19)16-8-12-5-3-4-6-15-12/h3-7,10H,2,8-9H2,1H3,(H,16,19). The molecule has 2 rings (SSSR count). The van der Waals surface area contributed by atoms with E-state index in [1.807, 2.05) is 25.1 Å². The second-order valence-corrected chi connectivity index (χ2v) is 4.30. The predicted molar refractivity (Wildman–Crippen MR) is 74.0 cm³/mol. The van der Waals surface area contributed by atoms with Crippen molar-refractivity contribution >= 4 is 5.91 Å². The van der Waals surface area contributed by atoms with E-state index in [1.54, 1.807) is 6.20 Å². The third kappa shape index (κ3) is 3.74. The minimum atomic E-state index is -0.246. The monoisotopic (exact) mass is 272 g/mol. The average Bonchev–Trinajstić information content (AvgIpc) is 2.48. The Labute approximate surface area is 116 Å². The van der Waals surface area contributed by atoms with Crippen molar-refractivity contribution in [3.63, 3.8) is 0 Å². The summed E-state index contributed by atoms with van der Waals surface area (Å²) in [5.41, 5.74) is 1.28. The lowest BCUT2D eigenvalue weighted by Crippen LogP contribution is -2.32. The lowest BCUT2D eigenvalue weighted by atomic mass is 10.3. The molecule has 0 unspecified atom stereocenters. The summed E-state index contributed by atoms with van der Waals surface area (Å²) in [4.78, 5) is 31.7. The molecule has 0 bridgehead atoms. The van der Waals surface area contributed by atoms with Crippen molar-refractivity contribution in [1.82, 2.24) is 19.9 Å². The molecule has 104 valence electrons. The van der Waals surface area contributed by atoms with E-state index in [-0.39, 0.29) is 18.0 Å². The van der Waals surface area contributed by atoms with E-state index in [0.717, 1.165) is 11.4 Å². The highest BCUT2D eigenvalue weighted by Gasteiger charge is 2.05. The van der Waals surface area contributed by atoms with E-state index in [4.69, 9.17) is 0 Å². The van der Waals surface area contributed by atoms with Crippen LogP contribution in [0.1, 0.15) is 18.3 Å². The number of amides is 1. The molecule has 20 heavy (non-hydrogen) atoms. The summed E-state index contributed by atoms with van der Waals surface area (Å²) in [5.74, 6) is -0.246. The number of aryl methyl sites for hydroxylation is 1. The third-order valence-electron chi connectivity index (χ3n) is 2.81. The van der Waals surface area contributed by atoms with Gasteiger partial charge in [-0.15, -0.1) is 0 Å². The van der Waals surface area contributed by atoms with Crippen LogP contribution in [0.3, 0.4) is 0 Å². The van der Waals surface area contributed by atoms with Crippen molar-refractivity contribution in [2.45, 2.75) is 26.4 Å². The molecule has 0 saturated heterocycles. The van der Waals surface area contributed by atoms with Gasteiger partial charge in [-0.25, -0.2) is 4.98 Å². The first-order valence-electron chi connectivity index (χ1n) is 6.41. The predicted octanol–water partition coefficient (Wildman–Crippen LogP) is 0.517. The number of carbonyl (C=O) groups is 1. The van der Waals surface area contributed by atoms with E-state index >= 15 is 0 Å². The van der Waals surface area contributed by atoms with Crippen LogP contribution in [-0.4, -0.2) is 20.4 Å². The molecule has 1 amide bonds. The van der Waals surface area contributed by atoms with Gasteiger partial charge in [0.25, 0.3) is 5.56 Å². The molecule has 0 fully saturated rings. The number of carbonyl (C=O) groups excluding carboxylic acids is 1. The van der Waals surface area contributed by atoms with Crippen LogP contribution in [0.25, 0.3) is 0 Å². The SMILES string of the molecule is CCc1cc(=O)n(CC(=O)NCc2ccccn2)cn1. The number of rotatable bonds is 5. The number of nitrogens with one attached hydrogen (secondary N) is 1. The minimum Gasteiger partial charge on any atom is -0.349 e. The van der Waals surface area contributed by atoms with Gasteiger partial charge < -0.3 is 5.32 Å². The molecule has 6 heteroatoms. The highest BCUT2D eigenvalue weighted by atomic mass is 16.2. The zero-order chi connectivity index (χ0) is 14.4. The molecule has 0 aliphatic carbocycles. The van der Waals surface area contributed by atoms with Crippen LogP contribution in [0.2, 0.25) is 0 Å². The molecule has 0 aromatic carbocycles. The Morgan fingerprint density at radius 2 is 2.15 bits per heavy atom. The highest BCUT2D eigenvalue weighted by Crippen LogP contribution is 1.93. The van der Waals surface area contributed by atoms with Gasteiger partial charge in [-0.3, -0.25) is 19.1 Å². The maximum Gasteiger partial charge on any atom is 0.253 e. The average molecular weight is 272 g/mol. The smallest absolute Gasteiger partial charge is 0.253 e. The Balaban J connectivity index is 1.93. The molecule has 6 nitrogen and oxygen atoms in total. The fraction of sp³-hybridized carbons (Fsp3) is 0.286. The molecule has 0 radical (unpaired) electrons. The fourth-order valence-electron chi connectivity index (χ4n) is 1.68. The van der Waals surface area contributed by atoms with Gasteiger partial charge in [0.1, 0.15) is 6.54 Å². The molecule has 0 atom stereocenters. The van der Waals surface area contributed by atoms with Crippen LogP contribution >= 0.6 is 0 Å². The minimum absolute atomic E-state index is 0.0390. The molecule has 2 heterocycles. The molecule has 0 aliphatic rings. The summed E-state index contributed by atoms with van der Waals surface area (Å²) in [6.07, 6.45) is 3.77. The van der Waals surface area contributed by atoms with Crippen LogP contribution in [0.4, 0.5) is 0 Å². The normalized spacial score (nSPS) is 10.2. The Hall–Kier alpha value is -2.50. The summed E-state index contributed by atoms with van der Waals surface area (Å²) in [6.45, 7) is 2.23. The lowest BCUT2D eigenvalue weighted by Gasteiger charge is -2.07. The number of aromatic nitrogens is 3. The number of hydrogen-bond acceptors (Lipinski definition) is 4. The Kier molecular flexibility index (Phi) is 4.60. The summed E-state index contributed by atoms with van der Waals surface area (Å²) in [7, 11) is 0. The first-order chi connectivity index (χ1) is 9.69.